The molecule has 0 aliphatic carbocycles. The van der Waals surface area contributed by atoms with Crippen molar-refractivity contribution in [3.05, 3.63) is 47.8 Å². The third-order valence-corrected chi connectivity index (χ3v) is 5.27. The van der Waals surface area contributed by atoms with Crippen LogP contribution in [0.15, 0.2) is 40.8 Å². The standard InChI is InChI=1S/C21H17F3N2O6/c22-13-2-1-3-16-18(13)12-6-10(4-5-15(12)32-16)19(28)25-8-17(27)26-9-11(31-21(23)24)7-14(26)20(29)30/h1-6,11,14,21H,7-9H2,(H,25,28)(H,29,30)/t11-,14+/m1/s1. The number of nitrogens with one attached hydrogen (secondary N) is 1. The van der Waals surface area contributed by atoms with Gasteiger partial charge in [-0.25, -0.2) is 9.18 Å². The zero-order valence-corrected chi connectivity index (χ0v) is 16.4. The Morgan fingerprint density at radius 3 is 2.72 bits per heavy atom. The Bertz CT molecular complexity index is 1210. The van der Waals surface area contributed by atoms with Crippen LogP contribution < -0.4 is 5.32 Å². The Balaban J connectivity index is 1.47. The molecule has 1 fully saturated rings. The number of furan rings is 1. The Hall–Kier alpha value is -3.60. The number of fused-ring (bicyclic) bond motifs is 3. The molecule has 2 atom stereocenters. The van der Waals surface area contributed by atoms with E-state index in [1.807, 2.05) is 0 Å². The average Bonchev–Trinajstić information content (AvgIpc) is 3.33. The van der Waals surface area contributed by atoms with E-state index in [0.29, 0.717) is 16.6 Å². The van der Waals surface area contributed by atoms with Crippen LogP contribution in [0, 0.1) is 5.82 Å². The topological polar surface area (TPSA) is 109 Å². The molecule has 1 aliphatic heterocycles. The summed E-state index contributed by atoms with van der Waals surface area (Å²) in [6.45, 7) is -3.98. The molecule has 0 bridgehead atoms. The van der Waals surface area contributed by atoms with Crippen LogP contribution in [0.3, 0.4) is 0 Å². The molecule has 8 nitrogen and oxygen atoms in total. The summed E-state index contributed by atoms with van der Waals surface area (Å²) < 4.78 is 49.0. The van der Waals surface area contributed by atoms with Gasteiger partial charge in [-0.2, -0.15) is 8.78 Å². The van der Waals surface area contributed by atoms with Crippen molar-refractivity contribution in [2.45, 2.75) is 25.2 Å². The first kappa shape index (κ1) is 21.6. The Labute approximate surface area is 178 Å². The number of nitrogens with zero attached hydrogens (tertiary/aromatic N) is 1. The third-order valence-electron chi connectivity index (χ3n) is 5.27. The number of amides is 2. The summed E-state index contributed by atoms with van der Waals surface area (Å²) in [7, 11) is 0. The smallest absolute Gasteiger partial charge is 0.345 e. The minimum atomic E-state index is -3.09. The van der Waals surface area contributed by atoms with E-state index in [0.717, 1.165) is 4.90 Å². The number of alkyl halides is 2. The molecule has 168 valence electrons. The maximum Gasteiger partial charge on any atom is 0.345 e. The van der Waals surface area contributed by atoms with Crippen LogP contribution >= 0.6 is 0 Å². The van der Waals surface area contributed by atoms with Crippen molar-refractivity contribution in [2.24, 2.45) is 0 Å². The summed E-state index contributed by atoms with van der Waals surface area (Å²) in [6.07, 6.45) is -1.41. The van der Waals surface area contributed by atoms with Crippen molar-refractivity contribution in [3.8, 4) is 0 Å². The average molecular weight is 450 g/mol. The van der Waals surface area contributed by atoms with E-state index in [1.54, 1.807) is 6.07 Å². The lowest BCUT2D eigenvalue weighted by Crippen LogP contribution is -2.45. The monoisotopic (exact) mass is 450 g/mol. The molecule has 2 heterocycles. The minimum absolute atomic E-state index is 0.131. The number of carbonyl (C=O) groups is 3. The van der Waals surface area contributed by atoms with Gasteiger partial charge in [0.25, 0.3) is 5.91 Å². The number of ether oxygens (including phenoxy) is 1. The van der Waals surface area contributed by atoms with Crippen molar-refractivity contribution in [3.63, 3.8) is 0 Å². The molecule has 2 N–H and O–H groups in total. The largest absolute Gasteiger partial charge is 0.480 e. The zero-order valence-electron chi connectivity index (χ0n) is 16.4. The Kier molecular flexibility index (Phi) is 5.74. The van der Waals surface area contributed by atoms with Crippen LogP contribution in [0.25, 0.3) is 21.9 Å². The molecule has 2 aromatic carbocycles. The highest BCUT2D eigenvalue weighted by atomic mass is 19.3. The van der Waals surface area contributed by atoms with E-state index in [9.17, 15) is 32.7 Å². The lowest BCUT2D eigenvalue weighted by Gasteiger charge is -2.21. The van der Waals surface area contributed by atoms with Crippen molar-refractivity contribution in [2.75, 3.05) is 13.1 Å². The van der Waals surface area contributed by atoms with Crippen LogP contribution in [0.2, 0.25) is 0 Å². The highest BCUT2D eigenvalue weighted by Gasteiger charge is 2.41. The summed E-state index contributed by atoms with van der Waals surface area (Å²) in [5.74, 6) is -3.28. The number of hydrogen-bond acceptors (Lipinski definition) is 5. The Morgan fingerprint density at radius 2 is 2.00 bits per heavy atom. The van der Waals surface area contributed by atoms with E-state index < -0.39 is 48.9 Å². The fraction of sp³-hybridized carbons (Fsp3) is 0.286. The highest BCUT2D eigenvalue weighted by molar-refractivity contribution is 6.08. The highest BCUT2D eigenvalue weighted by Crippen LogP contribution is 2.31. The van der Waals surface area contributed by atoms with Crippen molar-refractivity contribution in [1.29, 1.82) is 0 Å². The van der Waals surface area contributed by atoms with Gasteiger partial charge in [0.05, 0.1) is 18.0 Å². The SMILES string of the molecule is O=C(NCC(=O)N1C[C@H](OC(F)F)C[C@H]1C(=O)O)c1ccc2oc3cccc(F)c3c2c1. The second kappa shape index (κ2) is 8.50. The predicted molar refractivity (Wildman–Crippen MR) is 105 cm³/mol. The van der Waals surface area contributed by atoms with Crippen LogP contribution in [-0.4, -0.2) is 59.6 Å². The summed E-state index contributed by atoms with van der Waals surface area (Å²) in [5.41, 5.74) is 0.831. The lowest BCUT2D eigenvalue weighted by atomic mass is 10.1. The summed E-state index contributed by atoms with van der Waals surface area (Å²) in [5, 5.41) is 12.2. The molecular weight excluding hydrogens is 433 g/mol. The number of rotatable bonds is 6. The molecule has 4 rings (SSSR count). The number of benzene rings is 2. The number of likely N-dealkylation sites (tertiary alicyclic amines) is 1. The van der Waals surface area contributed by atoms with E-state index in [4.69, 9.17) is 4.42 Å². The quantitative estimate of drug-likeness (QED) is 0.598. The van der Waals surface area contributed by atoms with Gasteiger partial charge in [-0.05, 0) is 30.3 Å². The summed E-state index contributed by atoms with van der Waals surface area (Å²) in [4.78, 5) is 37.3. The maximum absolute atomic E-state index is 14.2. The summed E-state index contributed by atoms with van der Waals surface area (Å²) in [6, 6.07) is 7.38. The first-order valence-corrected chi connectivity index (χ1v) is 9.59. The number of carboxylic acids is 1. The van der Waals surface area contributed by atoms with Gasteiger partial charge in [0.2, 0.25) is 5.91 Å². The van der Waals surface area contributed by atoms with E-state index in [1.165, 1.54) is 30.3 Å². The first-order valence-electron chi connectivity index (χ1n) is 9.59. The number of hydrogen-bond donors (Lipinski definition) is 2. The molecule has 3 aromatic rings. The van der Waals surface area contributed by atoms with Gasteiger partial charge in [-0.15, -0.1) is 0 Å². The van der Waals surface area contributed by atoms with Gasteiger partial charge in [-0.3, -0.25) is 9.59 Å². The first-order chi connectivity index (χ1) is 15.2. The predicted octanol–water partition coefficient (Wildman–Crippen LogP) is 2.75. The third kappa shape index (κ3) is 4.11. The number of carbonyl (C=O) groups excluding carboxylic acids is 2. The molecule has 11 heteroatoms. The van der Waals surface area contributed by atoms with Crippen molar-refractivity contribution < 1.29 is 41.8 Å². The van der Waals surface area contributed by atoms with Gasteiger partial charge in [-0.1, -0.05) is 6.07 Å². The molecule has 32 heavy (non-hydrogen) atoms. The fourth-order valence-electron chi connectivity index (χ4n) is 3.84. The molecule has 1 aromatic heterocycles. The normalized spacial score (nSPS) is 18.6. The molecule has 0 unspecified atom stereocenters. The molecule has 0 radical (unpaired) electrons. The lowest BCUT2D eigenvalue weighted by molar-refractivity contribution is -0.160. The summed E-state index contributed by atoms with van der Waals surface area (Å²) >= 11 is 0. The molecule has 1 aliphatic rings. The number of carboxylic acid groups (broad SMARTS) is 1. The fourth-order valence-corrected chi connectivity index (χ4v) is 3.84. The van der Waals surface area contributed by atoms with Gasteiger partial charge in [0, 0.05) is 23.9 Å². The van der Waals surface area contributed by atoms with E-state index in [2.05, 4.69) is 10.1 Å². The van der Waals surface area contributed by atoms with Gasteiger partial charge >= 0.3 is 12.6 Å². The van der Waals surface area contributed by atoms with Crippen molar-refractivity contribution in [1.82, 2.24) is 10.2 Å². The molecular formula is C21H17F3N2O6. The number of halogens is 3. The molecule has 1 saturated heterocycles. The van der Waals surface area contributed by atoms with Gasteiger partial charge in [0.1, 0.15) is 23.0 Å². The Morgan fingerprint density at radius 1 is 1.22 bits per heavy atom. The zero-order chi connectivity index (χ0) is 23.0. The van der Waals surface area contributed by atoms with Crippen LogP contribution in [0.1, 0.15) is 16.8 Å². The number of aliphatic carboxylic acids is 1. The van der Waals surface area contributed by atoms with Crippen LogP contribution in [0.4, 0.5) is 13.2 Å². The van der Waals surface area contributed by atoms with E-state index in [-0.39, 0.29) is 23.9 Å². The molecule has 2 amide bonds. The van der Waals surface area contributed by atoms with Gasteiger partial charge in [0.15, 0.2) is 0 Å². The van der Waals surface area contributed by atoms with Gasteiger partial charge < -0.3 is 24.5 Å². The second-order valence-corrected chi connectivity index (χ2v) is 7.26. The van der Waals surface area contributed by atoms with Crippen molar-refractivity contribution >= 4 is 39.7 Å². The minimum Gasteiger partial charge on any atom is -0.480 e. The second-order valence-electron chi connectivity index (χ2n) is 7.26. The van der Waals surface area contributed by atoms with Crippen LogP contribution in [-0.2, 0) is 14.3 Å². The van der Waals surface area contributed by atoms with Crippen LogP contribution in [0.5, 0.6) is 0 Å². The maximum atomic E-state index is 14.2. The molecule has 0 spiro atoms. The molecule has 0 saturated carbocycles. The van der Waals surface area contributed by atoms with E-state index >= 15 is 0 Å².